The smallest absolute Gasteiger partial charge is 0.225 e. The molecule has 2 fully saturated rings. The van der Waals surface area contributed by atoms with Gasteiger partial charge in [0.2, 0.25) is 6.36 Å². The van der Waals surface area contributed by atoms with Crippen molar-refractivity contribution in [2.45, 2.75) is 92.3 Å². The lowest BCUT2D eigenvalue weighted by Crippen LogP contribution is -2.53. The summed E-state index contributed by atoms with van der Waals surface area (Å²) in [6, 6.07) is 0. The molecule has 2 aliphatic heterocycles. The van der Waals surface area contributed by atoms with E-state index in [1.807, 2.05) is 6.92 Å². The molecule has 0 saturated carbocycles. The molecule has 2 heterocycles. The van der Waals surface area contributed by atoms with Crippen LogP contribution in [0.4, 0.5) is 4.39 Å². The van der Waals surface area contributed by atoms with E-state index >= 15 is 0 Å². The Kier molecular flexibility index (Phi) is 6.49. The van der Waals surface area contributed by atoms with Gasteiger partial charge < -0.3 is 14.2 Å². The monoisotopic (exact) mass is 330 g/mol. The molecule has 0 aromatic carbocycles. The van der Waals surface area contributed by atoms with Gasteiger partial charge in [-0.05, 0) is 36.5 Å². The number of halogens is 1. The molecule has 2 aliphatic rings. The van der Waals surface area contributed by atoms with Crippen LogP contribution >= 0.6 is 0 Å². The molecule has 3 nitrogen and oxygen atoms in total. The maximum absolute atomic E-state index is 14.5. The van der Waals surface area contributed by atoms with Crippen molar-refractivity contribution in [1.29, 1.82) is 0 Å². The first-order valence-electron chi connectivity index (χ1n) is 9.42. The van der Waals surface area contributed by atoms with Crippen molar-refractivity contribution in [2.24, 2.45) is 29.6 Å². The highest BCUT2D eigenvalue weighted by Crippen LogP contribution is 2.40. The second-order valence-corrected chi connectivity index (χ2v) is 7.78. The molecule has 0 aromatic heterocycles. The minimum atomic E-state index is -1.36. The van der Waals surface area contributed by atoms with Crippen LogP contribution in [-0.4, -0.2) is 31.0 Å². The van der Waals surface area contributed by atoms with Crippen molar-refractivity contribution in [3.63, 3.8) is 0 Å². The quantitative estimate of drug-likeness (QED) is 0.741. The Hall–Kier alpha value is -0.190. The average molecular weight is 330 g/mol. The van der Waals surface area contributed by atoms with Crippen LogP contribution in [0.3, 0.4) is 0 Å². The van der Waals surface area contributed by atoms with E-state index in [0.29, 0.717) is 11.8 Å². The molecule has 2 rings (SSSR count). The Morgan fingerprint density at radius 3 is 1.83 bits per heavy atom. The van der Waals surface area contributed by atoms with Crippen molar-refractivity contribution >= 4 is 0 Å². The van der Waals surface area contributed by atoms with Crippen LogP contribution in [0.1, 0.15) is 61.3 Å². The summed E-state index contributed by atoms with van der Waals surface area (Å²) >= 11 is 0. The van der Waals surface area contributed by atoms with E-state index in [4.69, 9.17) is 14.2 Å². The Bertz CT molecular complexity index is 376. The van der Waals surface area contributed by atoms with Crippen molar-refractivity contribution < 1.29 is 18.6 Å². The predicted octanol–water partition coefficient (Wildman–Crippen LogP) is 4.79. The van der Waals surface area contributed by atoms with Crippen LogP contribution in [0.2, 0.25) is 0 Å². The molecular formula is C19H35FO3. The van der Waals surface area contributed by atoms with E-state index in [1.165, 1.54) is 0 Å². The maximum Gasteiger partial charge on any atom is 0.225 e. The Morgan fingerprint density at radius 1 is 0.739 bits per heavy atom. The lowest BCUT2D eigenvalue weighted by Gasteiger charge is -2.47. The van der Waals surface area contributed by atoms with Gasteiger partial charge in [-0.3, -0.25) is 0 Å². The molecular weight excluding hydrogens is 295 g/mol. The highest BCUT2D eigenvalue weighted by atomic mass is 19.1. The summed E-state index contributed by atoms with van der Waals surface area (Å²) in [5.41, 5.74) is 0. The third-order valence-electron chi connectivity index (χ3n) is 6.58. The summed E-state index contributed by atoms with van der Waals surface area (Å²) in [5.74, 6) is 1.66. The minimum Gasteiger partial charge on any atom is -0.349 e. The highest BCUT2D eigenvalue weighted by Gasteiger charge is 2.46. The zero-order valence-corrected chi connectivity index (χ0v) is 15.8. The van der Waals surface area contributed by atoms with Crippen molar-refractivity contribution in [2.75, 3.05) is 0 Å². The van der Waals surface area contributed by atoms with E-state index in [-0.39, 0.29) is 36.3 Å². The number of rotatable bonds is 4. The first-order chi connectivity index (χ1) is 10.8. The lowest BCUT2D eigenvalue weighted by molar-refractivity contribution is -0.316. The van der Waals surface area contributed by atoms with Crippen LogP contribution in [0.5, 0.6) is 0 Å². The van der Waals surface area contributed by atoms with E-state index in [1.54, 1.807) is 0 Å². The summed E-state index contributed by atoms with van der Waals surface area (Å²) in [5, 5.41) is 0. The van der Waals surface area contributed by atoms with Gasteiger partial charge in [-0.15, -0.1) is 0 Å². The van der Waals surface area contributed by atoms with Gasteiger partial charge in [0.05, 0.1) is 12.2 Å². The normalized spacial score (nSPS) is 51.7. The van der Waals surface area contributed by atoms with E-state index in [9.17, 15) is 4.39 Å². The van der Waals surface area contributed by atoms with Gasteiger partial charge in [-0.2, -0.15) is 0 Å². The first kappa shape index (κ1) is 19.1. The van der Waals surface area contributed by atoms with Crippen molar-refractivity contribution in [1.82, 2.24) is 0 Å². The fourth-order valence-corrected chi connectivity index (χ4v) is 4.16. The summed E-state index contributed by atoms with van der Waals surface area (Å²) in [4.78, 5) is 0. The Morgan fingerprint density at radius 2 is 1.26 bits per heavy atom. The van der Waals surface area contributed by atoms with Crippen LogP contribution in [-0.2, 0) is 14.2 Å². The zero-order chi connectivity index (χ0) is 17.3. The molecule has 0 aromatic rings. The average Bonchev–Trinajstić information content (AvgIpc) is 2.54. The molecule has 0 N–H and O–H groups in total. The SMILES string of the molecule is CCC1O[C@@H](OC2[C@@H](C)[C@H](C)C(CC)O[C@@H]2F)C(C)[C@@H](C)[C@@H]1C. The number of hydrogen-bond acceptors (Lipinski definition) is 3. The molecule has 0 bridgehead atoms. The van der Waals surface area contributed by atoms with E-state index in [0.717, 1.165) is 12.8 Å². The molecule has 4 unspecified atom stereocenters. The Balaban J connectivity index is 2.08. The van der Waals surface area contributed by atoms with Gasteiger partial charge in [-0.25, -0.2) is 4.39 Å². The van der Waals surface area contributed by atoms with Gasteiger partial charge in [-0.1, -0.05) is 48.5 Å². The van der Waals surface area contributed by atoms with Crippen LogP contribution < -0.4 is 0 Å². The van der Waals surface area contributed by atoms with Crippen LogP contribution in [0, 0.1) is 29.6 Å². The van der Waals surface area contributed by atoms with Gasteiger partial charge in [0.25, 0.3) is 0 Å². The van der Waals surface area contributed by atoms with E-state index < -0.39 is 12.5 Å². The van der Waals surface area contributed by atoms with Gasteiger partial charge in [0.15, 0.2) is 6.29 Å². The van der Waals surface area contributed by atoms with Crippen LogP contribution in [0.25, 0.3) is 0 Å². The molecule has 0 aliphatic carbocycles. The van der Waals surface area contributed by atoms with Gasteiger partial charge >= 0.3 is 0 Å². The first-order valence-corrected chi connectivity index (χ1v) is 9.42. The molecule has 0 amide bonds. The molecule has 10 atom stereocenters. The third-order valence-corrected chi connectivity index (χ3v) is 6.58. The standard InChI is InChI=1S/C19H35FO3/c1-8-15-12(5)13(6)17(18(20)21-15)23-19-14(7)10(3)11(4)16(9-2)22-19/h10-19H,8-9H2,1-7H3/t10-,11-,12-,13-,14?,15?,16?,17?,18-,19-/m0/s1. The zero-order valence-electron chi connectivity index (χ0n) is 15.8. The molecule has 0 radical (unpaired) electrons. The topological polar surface area (TPSA) is 27.7 Å². The summed E-state index contributed by atoms with van der Waals surface area (Å²) in [7, 11) is 0. The third kappa shape index (κ3) is 3.74. The van der Waals surface area contributed by atoms with Crippen LogP contribution in [0.15, 0.2) is 0 Å². The minimum absolute atomic E-state index is 0.0214. The van der Waals surface area contributed by atoms with Crippen molar-refractivity contribution in [3.05, 3.63) is 0 Å². The summed E-state index contributed by atoms with van der Waals surface area (Å²) < 4.78 is 32.4. The van der Waals surface area contributed by atoms with Gasteiger partial charge in [0.1, 0.15) is 6.10 Å². The summed E-state index contributed by atoms with van der Waals surface area (Å²) in [6.07, 6.45) is -0.290. The number of hydrogen-bond donors (Lipinski definition) is 0. The summed E-state index contributed by atoms with van der Waals surface area (Å²) in [6.45, 7) is 15.0. The van der Waals surface area contributed by atoms with Gasteiger partial charge in [0, 0.05) is 5.92 Å². The molecule has 136 valence electrons. The maximum atomic E-state index is 14.5. The lowest BCUT2D eigenvalue weighted by atomic mass is 9.78. The van der Waals surface area contributed by atoms with Crippen molar-refractivity contribution in [3.8, 4) is 0 Å². The highest BCUT2D eigenvalue weighted by molar-refractivity contribution is 4.87. The number of alkyl halides is 1. The Labute approximate surface area is 141 Å². The molecule has 23 heavy (non-hydrogen) atoms. The molecule has 2 saturated heterocycles. The second kappa shape index (κ2) is 7.79. The molecule has 0 spiro atoms. The fraction of sp³-hybridized carbons (Fsp3) is 1.00. The largest absolute Gasteiger partial charge is 0.349 e. The van der Waals surface area contributed by atoms with E-state index in [2.05, 4.69) is 41.5 Å². The molecule has 4 heteroatoms. The fourth-order valence-electron chi connectivity index (χ4n) is 4.16. The second-order valence-electron chi connectivity index (χ2n) is 7.78. The predicted molar refractivity (Wildman–Crippen MR) is 89.7 cm³/mol. The number of ether oxygens (including phenoxy) is 3.